The van der Waals surface area contributed by atoms with Gasteiger partial charge in [0.05, 0.1) is 0 Å². The molecule has 0 bridgehead atoms. The number of hydrogen-bond donors (Lipinski definition) is 0. The van der Waals surface area contributed by atoms with Crippen LogP contribution in [0.5, 0.6) is 0 Å². The molecule has 0 spiro atoms. The Bertz CT molecular complexity index is 170. The van der Waals surface area contributed by atoms with E-state index in [2.05, 4.69) is 5.10 Å². The largest absolute Gasteiger partial charge is 0.337 e. The van der Waals surface area contributed by atoms with E-state index in [1.807, 2.05) is 6.07 Å². The molecule has 0 aliphatic heterocycles. The summed E-state index contributed by atoms with van der Waals surface area (Å²) in [5.41, 5.74) is 0. The van der Waals surface area contributed by atoms with Crippen molar-refractivity contribution in [3.63, 3.8) is 0 Å². The quantitative estimate of drug-likeness (QED) is 0.581. The van der Waals surface area contributed by atoms with Crippen molar-refractivity contribution in [2.75, 3.05) is 14.2 Å². The Labute approximate surface area is 59.4 Å². The smallest absolute Gasteiger partial charge is 0.259 e. The Kier molecular flexibility index (Phi) is 2.42. The lowest BCUT2D eigenvalue weighted by Crippen LogP contribution is -2.13. The Balaban J connectivity index is 2.64. The average molecular weight is 142 g/mol. The third kappa shape index (κ3) is 1.34. The van der Waals surface area contributed by atoms with Gasteiger partial charge in [0.2, 0.25) is 0 Å². The lowest BCUT2D eigenvalue weighted by atomic mass is 10.7. The van der Waals surface area contributed by atoms with Crippen molar-refractivity contribution in [2.24, 2.45) is 0 Å². The van der Waals surface area contributed by atoms with Crippen LogP contribution in [-0.2, 0) is 9.47 Å². The van der Waals surface area contributed by atoms with Gasteiger partial charge in [-0.15, -0.1) is 0 Å². The van der Waals surface area contributed by atoms with Gasteiger partial charge in [0.15, 0.2) is 0 Å². The normalized spacial score (nSPS) is 10.7. The summed E-state index contributed by atoms with van der Waals surface area (Å²) in [5.74, 6) is 0. The van der Waals surface area contributed by atoms with E-state index in [4.69, 9.17) is 9.47 Å². The van der Waals surface area contributed by atoms with Crippen LogP contribution in [0.1, 0.15) is 6.41 Å². The van der Waals surface area contributed by atoms with Crippen molar-refractivity contribution >= 4 is 0 Å². The number of hydrogen-bond acceptors (Lipinski definition) is 3. The van der Waals surface area contributed by atoms with Crippen LogP contribution >= 0.6 is 0 Å². The highest BCUT2D eigenvalue weighted by molar-refractivity contribution is 4.77. The maximum atomic E-state index is 4.92. The van der Waals surface area contributed by atoms with E-state index in [-0.39, 0.29) is 0 Å². The molecular formula is C6H10N2O2. The predicted octanol–water partition coefficient (Wildman–Crippen LogP) is 0.632. The van der Waals surface area contributed by atoms with Crippen LogP contribution in [0.15, 0.2) is 18.5 Å². The zero-order valence-corrected chi connectivity index (χ0v) is 6.02. The summed E-state index contributed by atoms with van der Waals surface area (Å²) >= 11 is 0. The zero-order valence-electron chi connectivity index (χ0n) is 6.02. The van der Waals surface area contributed by atoms with E-state index in [1.54, 1.807) is 31.3 Å². The van der Waals surface area contributed by atoms with Gasteiger partial charge >= 0.3 is 0 Å². The van der Waals surface area contributed by atoms with Crippen LogP contribution in [0, 0.1) is 0 Å². The third-order valence-corrected chi connectivity index (χ3v) is 1.14. The summed E-state index contributed by atoms with van der Waals surface area (Å²) < 4.78 is 11.4. The van der Waals surface area contributed by atoms with Gasteiger partial charge in [0.1, 0.15) is 0 Å². The molecule has 0 fully saturated rings. The van der Waals surface area contributed by atoms with E-state index < -0.39 is 6.41 Å². The second-order valence-corrected chi connectivity index (χ2v) is 1.76. The molecule has 0 amide bonds. The van der Waals surface area contributed by atoms with Crippen molar-refractivity contribution < 1.29 is 9.47 Å². The number of ether oxygens (including phenoxy) is 2. The molecule has 0 atom stereocenters. The van der Waals surface area contributed by atoms with Crippen molar-refractivity contribution in [2.45, 2.75) is 6.41 Å². The topological polar surface area (TPSA) is 36.3 Å². The number of aromatic nitrogens is 2. The first-order valence-electron chi connectivity index (χ1n) is 2.93. The predicted molar refractivity (Wildman–Crippen MR) is 35.3 cm³/mol. The van der Waals surface area contributed by atoms with Gasteiger partial charge in [0, 0.05) is 26.6 Å². The first-order valence-corrected chi connectivity index (χ1v) is 2.93. The van der Waals surface area contributed by atoms with Gasteiger partial charge in [-0.25, -0.2) is 4.68 Å². The molecule has 0 aliphatic carbocycles. The Hall–Kier alpha value is -0.870. The highest BCUT2D eigenvalue weighted by Crippen LogP contribution is 2.03. The molecule has 10 heavy (non-hydrogen) atoms. The van der Waals surface area contributed by atoms with Crippen LogP contribution in [0.2, 0.25) is 0 Å². The fourth-order valence-electron chi connectivity index (χ4n) is 0.718. The molecule has 1 aromatic rings. The zero-order chi connectivity index (χ0) is 7.40. The van der Waals surface area contributed by atoms with Gasteiger partial charge in [-0.05, 0) is 6.07 Å². The summed E-state index contributed by atoms with van der Waals surface area (Å²) in [4.78, 5) is 0. The van der Waals surface area contributed by atoms with E-state index in [9.17, 15) is 0 Å². The fraction of sp³-hybridized carbons (Fsp3) is 0.500. The van der Waals surface area contributed by atoms with E-state index in [1.165, 1.54) is 0 Å². The Morgan fingerprint density at radius 1 is 1.40 bits per heavy atom. The monoisotopic (exact) mass is 142 g/mol. The lowest BCUT2D eigenvalue weighted by molar-refractivity contribution is -0.162. The molecule has 0 radical (unpaired) electrons. The minimum atomic E-state index is -0.407. The van der Waals surface area contributed by atoms with Crippen LogP contribution < -0.4 is 0 Å². The Morgan fingerprint density at radius 2 is 2.10 bits per heavy atom. The van der Waals surface area contributed by atoms with Crippen LogP contribution in [0.4, 0.5) is 0 Å². The lowest BCUT2D eigenvalue weighted by Gasteiger charge is -2.12. The molecule has 0 saturated carbocycles. The van der Waals surface area contributed by atoms with E-state index >= 15 is 0 Å². The van der Waals surface area contributed by atoms with Gasteiger partial charge in [-0.1, -0.05) is 0 Å². The van der Waals surface area contributed by atoms with Crippen molar-refractivity contribution in [3.8, 4) is 0 Å². The molecule has 0 unspecified atom stereocenters. The fourth-order valence-corrected chi connectivity index (χ4v) is 0.718. The first-order chi connectivity index (χ1) is 4.88. The molecule has 1 rings (SSSR count). The molecule has 0 aliphatic rings. The minimum Gasteiger partial charge on any atom is -0.337 e. The minimum absolute atomic E-state index is 0.407. The van der Waals surface area contributed by atoms with Crippen LogP contribution in [-0.4, -0.2) is 24.0 Å². The summed E-state index contributed by atoms with van der Waals surface area (Å²) in [6.07, 6.45) is 3.04. The maximum Gasteiger partial charge on any atom is 0.259 e. The third-order valence-electron chi connectivity index (χ3n) is 1.14. The average Bonchev–Trinajstić information content (AvgIpc) is 2.43. The van der Waals surface area contributed by atoms with Gasteiger partial charge in [0.25, 0.3) is 6.41 Å². The molecule has 56 valence electrons. The van der Waals surface area contributed by atoms with E-state index in [0.29, 0.717) is 0 Å². The van der Waals surface area contributed by atoms with Crippen molar-refractivity contribution in [1.82, 2.24) is 9.78 Å². The second-order valence-electron chi connectivity index (χ2n) is 1.76. The summed E-state index contributed by atoms with van der Waals surface area (Å²) in [6, 6.07) is 1.81. The summed E-state index contributed by atoms with van der Waals surface area (Å²) in [6.45, 7) is 0. The molecule has 4 nitrogen and oxygen atoms in total. The molecule has 4 heteroatoms. The molecule has 1 heterocycles. The standard InChI is InChI=1S/C6H10N2O2/c1-9-6(10-2)8-5-3-4-7-8/h3-6H,1-2H3. The highest BCUT2D eigenvalue weighted by atomic mass is 16.7. The molecule has 0 aromatic carbocycles. The molecule has 0 N–H and O–H groups in total. The van der Waals surface area contributed by atoms with Gasteiger partial charge < -0.3 is 9.47 Å². The molecular weight excluding hydrogens is 132 g/mol. The van der Waals surface area contributed by atoms with E-state index in [0.717, 1.165) is 0 Å². The number of rotatable bonds is 3. The molecule has 0 saturated heterocycles. The number of nitrogens with zero attached hydrogens (tertiary/aromatic N) is 2. The number of methoxy groups -OCH3 is 2. The van der Waals surface area contributed by atoms with Gasteiger partial charge in [-0.3, -0.25) is 0 Å². The maximum absolute atomic E-state index is 4.92. The van der Waals surface area contributed by atoms with Crippen LogP contribution in [0.25, 0.3) is 0 Å². The molecule has 1 aromatic heterocycles. The van der Waals surface area contributed by atoms with Crippen molar-refractivity contribution in [1.29, 1.82) is 0 Å². The highest BCUT2D eigenvalue weighted by Gasteiger charge is 2.04. The first kappa shape index (κ1) is 7.24. The SMILES string of the molecule is COC(OC)n1cccn1. The second kappa shape index (κ2) is 3.34. The van der Waals surface area contributed by atoms with Crippen LogP contribution in [0.3, 0.4) is 0 Å². The summed E-state index contributed by atoms with van der Waals surface area (Å²) in [7, 11) is 3.13. The van der Waals surface area contributed by atoms with Crippen molar-refractivity contribution in [3.05, 3.63) is 18.5 Å². The van der Waals surface area contributed by atoms with Gasteiger partial charge in [-0.2, -0.15) is 5.10 Å². The summed E-state index contributed by atoms with van der Waals surface area (Å²) in [5, 5.41) is 3.92. The Morgan fingerprint density at radius 3 is 2.50 bits per heavy atom.